The number of halogens is 1. The highest BCUT2D eigenvalue weighted by Crippen LogP contribution is 2.23. The number of rotatable bonds is 2. The number of para-hydroxylation sites is 1. The molecule has 3 rings (SSSR count). The van der Waals surface area contributed by atoms with Crippen LogP contribution in [0.5, 0.6) is 0 Å². The Morgan fingerprint density at radius 1 is 1.25 bits per heavy atom. The summed E-state index contributed by atoms with van der Waals surface area (Å²) in [4.78, 5) is 16.5. The number of hydrogen-bond donors (Lipinski definition) is 1. The highest BCUT2D eigenvalue weighted by molar-refractivity contribution is 7.18. The minimum atomic E-state index is -0.452. The largest absolute Gasteiger partial charge is 0.319 e. The maximum atomic E-state index is 13.5. The second-order valence-electron chi connectivity index (χ2n) is 4.35. The Hall–Kier alpha value is -2.27. The quantitative estimate of drug-likeness (QED) is 0.773. The SMILES string of the molecule is Cc1nc2cc(C(=O)Nc3ccccc3F)ccc2s1. The molecule has 1 heterocycles. The normalized spacial score (nSPS) is 10.7. The van der Waals surface area contributed by atoms with Gasteiger partial charge in [-0.25, -0.2) is 9.37 Å². The predicted octanol–water partition coefficient (Wildman–Crippen LogP) is 4.00. The summed E-state index contributed by atoms with van der Waals surface area (Å²) >= 11 is 1.58. The molecule has 1 N–H and O–H groups in total. The molecular formula is C15H11FN2OS. The van der Waals surface area contributed by atoms with E-state index in [2.05, 4.69) is 10.3 Å². The lowest BCUT2D eigenvalue weighted by Crippen LogP contribution is -2.12. The van der Waals surface area contributed by atoms with Gasteiger partial charge < -0.3 is 5.32 Å². The zero-order valence-electron chi connectivity index (χ0n) is 10.7. The minimum absolute atomic E-state index is 0.173. The van der Waals surface area contributed by atoms with Crippen LogP contribution in [0, 0.1) is 12.7 Å². The lowest BCUT2D eigenvalue weighted by atomic mass is 10.2. The molecule has 0 bridgehead atoms. The molecule has 20 heavy (non-hydrogen) atoms. The highest BCUT2D eigenvalue weighted by Gasteiger charge is 2.10. The molecule has 0 atom stereocenters. The molecule has 1 aromatic heterocycles. The number of nitrogens with zero attached hydrogens (tertiary/aromatic N) is 1. The van der Waals surface area contributed by atoms with Gasteiger partial charge in [-0.2, -0.15) is 0 Å². The first-order valence-electron chi connectivity index (χ1n) is 6.06. The Balaban J connectivity index is 1.90. The van der Waals surface area contributed by atoms with Crippen molar-refractivity contribution in [2.75, 3.05) is 5.32 Å². The third-order valence-corrected chi connectivity index (χ3v) is 3.83. The van der Waals surface area contributed by atoms with Gasteiger partial charge in [-0.3, -0.25) is 4.79 Å². The van der Waals surface area contributed by atoms with Crippen molar-refractivity contribution in [1.82, 2.24) is 4.98 Å². The highest BCUT2D eigenvalue weighted by atomic mass is 32.1. The van der Waals surface area contributed by atoms with Crippen LogP contribution < -0.4 is 5.32 Å². The third-order valence-electron chi connectivity index (χ3n) is 2.88. The molecule has 3 nitrogen and oxygen atoms in total. The van der Waals surface area contributed by atoms with E-state index in [9.17, 15) is 9.18 Å². The van der Waals surface area contributed by atoms with E-state index in [4.69, 9.17) is 0 Å². The van der Waals surface area contributed by atoms with E-state index in [0.717, 1.165) is 15.2 Å². The van der Waals surface area contributed by atoms with Crippen molar-refractivity contribution in [2.45, 2.75) is 6.92 Å². The summed E-state index contributed by atoms with van der Waals surface area (Å²) in [5.74, 6) is -0.797. The number of anilines is 1. The maximum Gasteiger partial charge on any atom is 0.255 e. The Bertz CT molecular complexity index is 797. The van der Waals surface area contributed by atoms with Gasteiger partial charge in [0.2, 0.25) is 0 Å². The molecule has 3 aromatic rings. The number of hydrogen-bond acceptors (Lipinski definition) is 3. The number of amides is 1. The fourth-order valence-corrected chi connectivity index (χ4v) is 2.75. The molecule has 100 valence electrons. The van der Waals surface area contributed by atoms with Gasteiger partial charge in [0.15, 0.2) is 0 Å². The average Bonchev–Trinajstić information content (AvgIpc) is 2.80. The van der Waals surface area contributed by atoms with Crippen molar-refractivity contribution in [3.05, 3.63) is 58.9 Å². The van der Waals surface area contributed by atoms with Crippen LogP contribution in [0.3, 0.4) is 0 Å². The number of fused-ring (bicyclic) bond motifs is 1. The van der Waals surface area contributed by atoms with Gasteiger partial charge >= 0.3 is 0 Å². The smallest absolute Gasteiger partial charge is 0.255 e. The van der Waals surface area contributed by atoms with E-state index in [1.54, 1.807) is 35.6 Å². The molecule has 0 fully saturated rings. The Morgan fingerprint density at radius 3 is 2.85 bits per heavy atom. The summed E-state index contributed by atoms with van der Waals surface area (Å²) < 4.78 is 14.5. The summed E-state index contributed by atoms with van der Waals surface area (Å²) in [5.41, 5.74) is 1.42. The average molecular weight is 286 g/mol. The van der Waals surface area contributed by atoms with E-state index in [1.807, 2.05) is 13.0 Å². The van der Waals surface area contributed by atoms with Crippen LogP contribution in [0.1, 0.15) is 15.4 Å². The molecule has 0 unspecified atom stereocenters. The molecule has 0 spiro atoms. The molecular weight excluding hydrogens is 275 g/mol. The van der Waals surface area contributed by atoms with E-state index in [-0.39, 0.29) is 11.6 Å². The molecule has 0 saturated heterocycles. The van der Waals surface area contributed by atoms with Crippen molar-refractivity contribution >= 4 is 33.1 Å². The summed E-state index contributed by atoms with van der Waals surface area (Å²) in [7, 11) is 0. The fourth-order valence-electron chi connectivity index (χ4n) is 1.94. The van der Waals surface area contributed by atoms with Crippen molar-refractivity contribution in [3.63, 3.8) is 0 Å². The Kier molecular flexibility index (Phi) is 3.20. The second kappa shape index (κ2) is 5.02. The Labute approximate surface area is 119 Å². The molecule has 0 aliphatic heterocycles. The fraction of sp³-hybridized carbons (Fsp3) is 0.0667. The van der Waals surface area contributed by atoms with Crippen molar-refractivity contribution in [3.8, 4) is 0 Å². The van der Waals surface area contributed by atoms with E-state index < -0.39 is 5.82 Å². The lowest BCUT2D eigenvalue weighted by molar-refractivity contribution is 0.102. The molecule has 0 saturated carbocycles. The number of carbonyl (C=O) groups is 1. The zero-order valence-corrected chi connectivity index (χ0v) is 11.5. The van der Waals surface area contributed by atoms with Crippen LogP contribution in [-0.2, 0) is 0 Å². The Morgan fingerprint density at radius 2 is 2.05 bits per heavy atom. The van der Waals surface area contributed by atoms with E-state index >= 15 is 0 Å². The van der Waals surface area contributed by atoms with Crippen LogP contribution in [0.15, 0.2) is 42.5 Å². The summed E-state index contributed by atoms with van der Waals surface area (Å²) in [6.07, 6.45) is 0. The first kappa shape index (κ1) is 12.7. The topological polar surface area (TPSA) is 42.0 Å². The number of thiazole rings is 1. The number of aromatic nitrogens is 1. The van der Waals surface area contributed by atoms with Crippen LogP contribution in [-0.4, -0.2) is 10.9 Å². The summed E-state index contributed by atoms with van der Waals surface area (Å²) in [6, 6.07) is 11.4. The van der Waals surface area contributed by atoms with Crippen molar-refractivity contribution in [1.29, 1.82) is 0 Å². The van der Waals surface area contributed by atoms with E-state index in [0.29, 0.717) is 5.56 Å². The van der Waals surface area contributed by atoms with Gasteiger partial charge in [0.25, 0.3) is 5.91 Å². The zero-order chi connectivity index (χ0) is 14.1. The lowest BCUT2D eigenvalue weighted by Gasteiger charge is -2.06. The third kappa shape index (κ3) is 2.40. The second-order valence-corrected chi connectivity index (χ2v) is 5.58. The number of carbonyl (C=O) groups excluding carboxylic acids is 1. The first-order valence-corrected chi connectivity index (χ1v) is 6.88. The number of nitrogens with one attached hydrogen (secondary N) is 1. The molecule has 2 aromatic carbocycles. The van der Waals surface area contributed by atoms with Gasteiger partial charge in [0.1, 0.15) is 5.82 Å². The van der Waals surface area contributed by atoms with Gasteiger partial charge in [-0.15, -0.1) is 11.3 Å². The number of benzene rings is 2. The van der Waals surface area contributed by atoms with Gasteiger partial charge in [-0.1, -0.05) is 12.1 Å². The first-order chi connectivity index (χ1) is 9.63. The summed E-state index contributed by atoms with van der Waals surface area (Å²) in [5, 5.41) is 3.51. The van der Waals surface area contributed by atoms with Crippen molar-refractivity contribution < 1.29 is 9.18 Å². The molecule has 0 aliphatic rings. The van der Waals surface area contributed by atoms with Gasteiger partial charge in [-0.05, 0) is 37.3 Å². The predicted molar refractivity (Wildman–Crippen MR) is 78.7 cm³/mol. The van der Waals surface area contributed by atoms with Crippen LogP contribution in [0.4, 0.5) is 10.1 Å². The van der Waals surface area contributed by atoms with E-state index in [1.165, 1.54) is 12.1 Å². The van der Waals surface area contributed by atoms with Crippen LogP contribution >= 0.6 is 11.3 Å². The monoisotopic (exact) mass is 286 g/mol. The van der Waals surface area contributed by atoms with Crippen LogP contribution in [0.25, 0.3) is 10.2 Å². The minimum Gasteiger partial charge on any atom is -0.319 e. The number of aryl methyl sites for hydroxylation is 1. The molecule has 0 aliphatic carbocycles. The van der Waals surface area contributed by atoms with Gasteiger partial charge in [0, 0.05) is 5.56 Å². The molecule has 0 radical (unpaired) electrons. The van der Waals surface area contributed by atoms with Crippen LogP contribution in [0.2, 0.25) is 0 Å². The van der Waals surface area contributed by atoms with Gasteiger partial charge in [0.05, 0.1) is 20.9 Å². The molecule has 5 heteroatoms. The summed E-state index contributed by atoms with van der Waals surface area (Å²) in [6.45, 7) is 1.92. The maximum absolute atomic E-state index is 13.5. The standard InChI is InChI=1S/C15H11FN2OS/c1-9-17-13-8-10(6-7-14(13)20-9)15(19)18-12-5-3-2-4-11(12)16/h2-8H,1H3,(H,18,19). The molecule has 1 amide bonds. The van der Waals surface area contributed by atoms with Crippen molar-refractivity contribution in [2.24, 2.45) is 0 Å².